The van der Waals surface area contributed by atoms with Gasteiger partial charge in [0.15, 0.2) is 0 Å². The molecule has 104 valence electrons. The molecule has 0 saturated carbocycles. The summed E-state index contributed by atoms with van der Waals surface area (Å²) in [5.74, 6) is -1.83. The predicted octanol–water partition coefficient (Wildman–Crippen LogP) is 3.21. The normalized spacial score (nSPS) is 10.3. The van der Waals surface area contributed by atoms with Gasteiger partial charge in [-0.05, 0) is 42.8 Å². The molecule has 2 rings (SSSR count). The van der Waals surface area contributed by atoms with Crippen molar-refractivity contribution in [1.82, 2.24) is 0 Å². The Morgan fingerprint density at radius 2 is 2.00 bits per heavy atom. The average Bonchev–Trinajstić information content (AvgIpc) is 2.42. The summed E-state index contributed by atoms with van der Waals surface area (Å²) in [5.41, 5.74) is 7.05. The lowest BCUT2D eigenvalue weighted by Crippen LogP contribution is -2.09. The first-order chi connectivity index (χ1) is 9.49. The molecule has 2 aromatic rings. The molecule has 20 heavy (non-hydrogen) atoms. The summed E-state index contributed by atoms with van der Waals surface area (Å²) in [6, 6.07) is 7.85. The fraction of sp³-hybridized carbons (Fsp3) is 0.133. The van der Waals surface area contributed by atoms with Gasteiger partial charge in [0, 0.05) is 11.3 Å². The quantitative estimate of drug-likeness (QED) is 0.692. The SMILES string of the molecule is Cc1c(N)cccc1C(=O)OCc1cc(F)ccc1F. The molecule has 0 bridgehead atoms. The molecule has 0 heterocycles. The third kappa shape index (κ3) is 2.93. The smallest absolute Gasteiger partial charge is 0.338 e. The topological polar surface area (TPSA) is 52.3 Å². The van der Waals surface area contributed by atoms with Gasteiger partial charge in [0.25, 0.3) is 0 Å². The lowest BCUT2D eigenvalue weighted by Gasteiger charge is -2.09. The zero-order valence-electron chi connectivity index (χ0n) is 10.8. The van der Waals surface area contributed by atoms with Crippen molar-refractivity contribution in [3.05, 3.63) is 64.7 Å². The zero-order valence-corrected chi connectivity index (χ0v) is 10.8. The van der Waals surface area contributed by atoms with Gasteiger partial charge in [-0.15, -0.1) is 0 Å². The Kier molecular flexibility index (Phi) is 3.98. The molecule has 0 atom stereocenters. The maximum Gasteiger partial charge on any atom is 0.338 e. The fourth-order valence-corrected chi connectivity index (χ4v) is 1.75. The summed E-state index contributed by atoms with van der Waals surface area (Å²) in [4.78, 5) is 11.9. The van der Waals surface area contributed by atoms with Crippen LogP contribution in [0.4, 0.5) is 14.5 Å². The Morgan fingerprint density at radius 1 is 1.25 bits per heavy atom. The zero-order chi connectivity index (χ0) is 14.7. The number of ether oxygens (including phenoxy) is 1. The van der Waals surface area contributed by atoms with Crippen LogP contribution in [0.3, 0.4) is 0 Å². The number of anilines is 1. The highest BCUT2D eigenvalue weighted by Crippen LogP contribution is 2.18. The summed E-state index contributed by atoms with van der Waals surface area (Å²) >= 11 is 0. The fourth-order valence-electron chi connectivity index (χ4n) is 1.75. The van der Waals surface area contributed by atoms with Gasteiger partial charge < -0.3 is 10.5 Å². The van der Waals surface area contributed by atoms with Crippen molar-refractivity contribution in [1.29, 1.82) is 0 Å². The Bertz CT molecular complexity index is 656. The second kappa shape index (κ2) is 5.69. The first-order valence-corrected chi connectivity index (χ1v) is 5.95. The van der Waals surface area contributed by atoms with E-state index in [0.717, 1.165) is 18.2 Å². The second-order valence-corrected chi connectivity index (χ2v) is 4.33. The van der Waals surface area contributed by atoms with Crippen molar-refractivity contribution in [2.75, 3.05) is 5.73 Å². The number of nitrogen functional groups attached to an aromatic ring is 1. The average molecular weight is 277 g/mol. The molecule has 3 nitrogen and oxygen atoms in total. The number of carbonyl (C=O) groups excluding carboxylic acids is 1. The molecule has 0 spiro atoms. The van der Waals surface area contributed by atoms with E-state index in [1.54, 1.807) is 25.1 Å². The molecule has 2 aromatic carbocycles. The van der Waals surface area contributed by atoms with Crippen LogP contribution in [0, 0.1) is 18.6 Å². The van der Waals surface area contributed by atoms with Gasteiger partial charge in [-0.3, -0.25) is 0 Å². The van der Waals surface area contributed by atoms with Gasteiger partial charge in [0.2, 0.25) is 0 Å². The summed E-state index contributed by atoms with van der Waals surface area (Å²) in [5, 5.41) is 0. The molecular formula is C15H13F2NO2. The lowest BCUT2D eigenvalue weighted by atomic mass is 10.1. The summed E-state index contributed by atoms with van der Waals surface area (Å²) in [6.45, 7) is 1.35. The van der Waals surface area contributed by atoms with Crippen LogP contribution < -0.4 is 5.73 Å². The molecule has 0 saturated heterocycles. The van der Waals surface area contributed by atoms with Crippen LogP contribution in [0.1, 0.15) is 21.5 Å². The van der Waals surface area contributed by atoms with Gasteiger partial charge in [-0.25, -0.2) is 13.6 Å². The van der Waals surface area contributed by atoms with Crippen LogP contribution in [0.2, 0.25) is 0 Å². The van der Waals surface area contributed by atoms with E-state index in [4.69, 9.17) is 10.5 Å². The number of hydrogen-bond donors (Lipinski definition) is 1. The van der Waals surface area contributed by atoms with Crippen molar-refractivity contribution in [3.8, 4) is 0 Å². The standard InChI is InChI=1S/C15H13F2NO2/c1-9-12(3-2-4-14(9)18)15(19)20-8-10-7-11(16)5-6-13(10)17/h2-7H,8,18H2,1H3. The molecule has 0 unspecified atom stereocenters. The van der Waals surface area contributed by atoms with Gasteiger partial charge in [-0.1, -0.05) is 6.07 Å². The number of hydrogen-bond acceptors (Lipinski definition) is 3. The van der Waals surface area contributed by atoms with Crippen LogP contribution in [0.5, 0.6) is 0 Å². The Labute approximate surface area is 115 Å². The minimum Gasteiger partial charge on any atom is -0.457 e. The minimum atomic E-state index is -0.626. The molecule has 2 N–H and O–H groups in total. The largest absolute Gasteiger partial charge is 0.457 e. The molecule has 0 aliphatic carbocycles. The Hall–Kier alpha value is -2.43. The number of benzene rings is 2. The number of esters is 1. The van der Waals surface area contributed by atoms with E-state index in [9.17, 15) is 13.6 Å². The van der Waals surface area contributed by atoms with Crippen molar-refractivity contribution in [2.24, 2.45) is 0 Å². The second-order valence-electron chi connectivity index (χ2n) is 4.33. The Balaban J connectivity index is 2.13. The van der Waals surface area contributed by atoms with Crippen molar-refractivity contribution >= 4 is 11.7 Å². The van der Waals surface area contributed by atoms with Gasteiger partial charge in [-0.2, -0.15) is 0 Å². The van der Waals surface area contributed by atoms with Crippen molar-refractivity contribution in [2.45, 2.75) is 13.5 Å². The monoisotopic (exact) mass is 277 g/mol. The minimum absolute atomic E-state index is 0.0140. The first-order valence-electron chi connectivity index (χ1n) is 5.95. The van der Waals surface area contributed by atoms with E-state index in [2.05, 4.69) is 0 Å². The van der Waals surface area contributed by atoms with Crippen LogP contribution in [0.15, 0.2) is 36.4 Å². The summed E-state index contributed by atoms with van der Waals surface area (Å²) in [7, 11) is 0. The van der Waals surface area contributed by atoms with Crippen LogP contribution in [0.25, 0.3) is 0 Å². The Morgan fingerprint density at radius 3 is 2.75 bits per heavy atom. The van der Waals surface area contributed by atoms with Gasteiger partial charge in [0.05, 0.1) is 5.56 Å². The van der Waals surface area contributed by atoms with Crippen LogP contribution in [-0.4, -0.2) is 5.97 Å². The molecule has 0 aliphatic rings. The van der Waals surface area contributed by atoms with E-state index in [0.29, 0.717) is 16.8 Å². The van der Waals surface area contributed by atoms with Gasteiger partial charge in [0.1, 0.15) is 18.2 Å². The van der Waals surface area contributed by atoms with E-state index in [1.807, 2.05) is 0 Å². The molecule has 0 aromatic heterocycles. The molecular weight excluding hydrogens is 264 g/mol. The lowest BCUT2D eigenvalue weighted by molar-refractivity contribution is 0.0467. The molecule has 5 heteroatoms. The molecule has 0 fully saturated rings. The van der Waals surface area contributed by atoms with E-state index in [1.165, 1.54) is 0 Å². The van der Waals surface area contributed by atoms with E-state index >= 15 is 0 Å². The molecule has 0 radical (unpaired) electrons. The number of halogens is 2. The maximum absolute atomic E-state index is 13.4. The highest BCUT2D eigenvalue weighted by molar-refractivity contribution is 5.92. The van der Waals surface area contributed by atoms with E-state index in [-0.39, 0.29) is 12.2 Å². The van der Waals surface area contributed by atoms with Crippen LogP contribution >= 0.6 is 0 Å². The van der Waals surface area contributed by atoms with Crippen molar-refractivity contribution < 1.29 is 18.3 Å². The molecule has 0 aliphatic heterocycles. The maximum atomic E-state index is 13.4. The third-order valence-corrected chi connectivity index (χ3v) is 2.96. The van der Waals surface area contributed by atoms with E-state index < -0.39 is 17.6 Å². The van der Waals surface area contributed by atoms with Gasteiger partial charge >= 0.3 is 5.97 Å². The predicted molar refractivity (Wildman–Crippen MR) is 71.1 cm³/mol. The van der Waals surface area contributed by atoms with Crippen molar-refractivity contribution in [3.63, 3.8) is 0 Å². The third-order valence-electron chi connectivity index (χ3n) is 2.96. The van der Waals surface area contributed by atoms with Crippen LogP contribution in [-0.2, 0) is 11.3 Å². The highest BCUT2D eigenvalue weighted by atomic mass is 19.1. The first kappa shape index (κ1) is 14.0. The number of carbonyl (C=O) groups is 1. The summed E-state index contributed by atoms with van der Waals surface area (Å²) in [6.07, 6.45) is 0. The highest BCUT2D eigenvalue weighted by Gasteiger charge is 2.13. The summed E-state index contributed by atoms with van der Waals surface area (Å²) < 4.78 is 31.4. The number of nitrogens with two attached hydrogens (primary N) is 1. The molecule has 0 amide bonds. The number of rotatable bonds is 3.